The van der Waals surface area contributed by atoms with Crippen molar-refractivity contribution >= 4 is 43.6 Å². The maximum Gasteiger partial charge on any atom is 0.270 e. The van der Waals surface area contributed by atoms with E-state index in [1.165, 1.54) is 12.1 Å². The second-order valence-corrected chi connectivity index (χ2v) is 8.18. The zero-order chi connectivity index (χ0) is 21.4. The molecule has 0 fully saturated rings. The number of nitrogens with zero attached hydrogens (tertiary/aromatic N) is 1. The third kappa shape index (κ3) is 3.82. The smallest absolute Gasteiger partial charge is 0.270 e. The van der Waals surface area contributed by atoms with Gasteiger partial charge in [0.25, 0.3) is 5.91 Å². The summed E-state index contributed by atoms with van der Waals surface area (Å²) in [5.41, 5.74) is 4.62. The van der Waals surface area contributed by atoms with Crippen molar-refractivity contribution in [1.29, 1.82) is 0 Å². The van der Waals surface area contributed by atoms with Crippen LogP contribution in [0.15, 0.2) is 83.3 Å². The highest BCUT2D eigenvalue weighted by Crippen LogP contribution is 2.33. The van der Waals surface area contributed by atoms with Crippen molar-refractivity contribution in [2.45, 2.75) is 6.54 Å². The summed E-state index contributed by atoms with van der Waals surface area (Å²) < 4.78 is 14.1. The number of amides is 1. The van der Waals surface area contributed by atoms with Gasteiger partial charge in [0, 0.05) is 32.9 Å². The Hall–Kier alpha value is -3.51. The minimum Gasteiger partial charge on any atom is -0.353 e. The Morgan fingerprint density at radius 2 is 1.77 bits per heavy atom. The van der Waals surface area contributed by atoms with Crippen LogP contribution in [0.2, 0.25) is 0 Å². The third-order valence-corrected chi connectivity index (χ3v) is 5.69. The number of para-hydroxylation sites is 1. The molecule has 0 bridgehead atoms. The van der Waals surface area contributed by atoms with Crippen molar-refractivity contribution in [3.8, 4) is 11.3 Å². The number of nitrogens with one attached hydrogen (secondary N) is 2. The molecule has 31 heavy (non-hydrogen) atoms. The topological polar surface area (TPSA) is 57.8 Å². The molecule has 0 aliphatic carbocycles. The average molecular weight is 474 g/mol. The summed E-state index contributed by atoms with van der Waals surface area (Å²) in [6.45, 7) is 0.291. The van der Waals surface area contributed by atoms with Crippen LogP contribution in [-0.2, 0) is 6.54 Å². The zero-order valence-electron chi connectivity index (χ0n) is 16.3. The summed E-state index contributed by atoms with van der Waals surface area (Å²) >= 11 is 3.52. The molecule has 4 nitrogen and oxygen atoms in total. The van der Waals surface area contributed by atoms with E-state index in [-0.39, 0.29) is 11.7 Å². The molecule has 3 aromatic carbocycles. The van der Waals surface area contributed by atoms with Crippen molar-refractivity contribution in [3.63, 3.8) is 0 Å². The number of pyridine rings is 1. The van der Waals surface area contributed by atoms with Crippen LogP contribution >= 0.6 is 15.9 Å². The van der Waals surface area contributed by atoms with Gasteiger partial charge in [-0.15, -0.1) is 0 Å². The monoisotopic (exact) mass is 473 g/mol. The highest BCUT2D eigenvalue weighted by Gasteiger charge is 2.17. The van der Waals surface area contributed by atoms with Crippen LogP contribution in [0.5, 0.6) is 0 Å². The molecule has 0 radical (unpaired) electrons. The fourth-order valence-corrected chi connectivity index (χ4v) is 4.08. The van der Waals surface area contributed by atoms with E-state index in [0.717, 1.165) is 37.4 Å². The Morgan fingerprint density at radius 3 is 2.58 bits per heavy atom. The van der Waals surface area contributed by atoms with Crippen molar-refractivity contribution in [3.05, 3.63) is 100 Å². The number of carbonyl (C=O) groups is 1. The van der Waals surface area contributed by atoms with Crippen LogP contribution in [0, 0.1) is 5.82 Å². The minimum atomic E-state index is -0.305. The summed E-state index contributed by atoms with van der Waals surface area (Å²) in [5.74, 6) is -0.590. The van der Waals surface area contributed by atoms with Crippen LogP contribution in [0.25, 0.3) is 33.1 Å². The maximum atomic E-state index is 13.1. The van der Waals surface area contributed by atoms with E-state index in [1.807, 2.05) is 54.6 Å². The summed E-state index contributed by atoms with van der Waals surface area (Å²) in [4.78, 5) is 21.1. The van der Waals surface area contributed by atoms with Gasteiger partial charge in [-0.25, -0.2) is 9.37 Å². The number of carbonyl (C=O) groups excluding carboxylic acids is 1. The van der Waals surface area contributed by atoms with Gasteiger partial charge in [-0.3, -0.25) is 4.79 Å². The summed E-state index contributed by atoms with van der Waals surface area (Å²) in [6.07, 6.45) is 0. The summed E-state index contributed by atoms with van der Waals surface area (Å²) in [7, 11) is 0. The SMILES string of the molecule is O=C(NCc1ccc(F)cc1)c1cc2c([nH]c3ccccc32)c(-c2cccc(Br)c2)n1. The Balaban J connectivity index is 1.60. The highest BCUT2D eigenvalue weighted by atomic mass is 79.9. The number of halogens is 2. The molecule has 2 heterocycles. The number of aromatic nitrogens is 2. The van der Waals surface area contributed by atoms with Gasteiger partial charge < -0.3 is 10.3 Å². The van der Waals surface area contributed by atoms with E-state index in [1.54, 1.807) is 12.1 Å². The first-order chi connectivity index (χ1) is 15.1. The van der Waals surface area contributed by atoms with E-state index >= 15 is 0 Å². The highest BCUT2D eigenvalue weighted by molar-refractivity contribution is 9.10. The number of H-pyrrole nitrogens is 1. The van der Waals surface area contributed by atoms with Crippen molar-refractivity contribution < 1.29 is 9.18 Å². The van der Waals surface area contributed by atoms with Gasteiger partial charge >= 0.3 is 0 Å². The second kappa shape index (κ2) is 7.96. The predicted octanol–water partition coefficient (Wildman–Crippen LogP) is 6.21. The van der Waals surface area contributed by atoms with Crippen LogP contribution in [0.1, 0.15) is 16.1 Å². The molecule has 6 heteroatoms. The van der Waals surface area contributed by atoms with E-state index in [4.69, 9.17) is 4.98 Å². The summed E-state index contributed by atoms with van der Waals surface area (Å²) in [6, 6.07) is 23.7. The molecule has 152 valence electrons. The van der Waals surface area contributed by atoms with E-state index < -0.39 is 0 Å². The number of hydrogen-bond donors (Lipinski definition) is 2. The first-order valence-corrected chi connectivity index (χ1v) is 10.6. The molecule has 0 saturated heterocycles. The number of fused-ring (bicyclic) bond motifs is 3. The lowest BCUT2D eigenvalue weighted by Gasteiger charge is -2.09. The fourth-order valence-electron chi connectivity index (χ4n) is 3.68. The number of benzene rings is 3. The quantitative estimate of drug-likeness (QED) is 0.325. The van der Waals surface area contributed by atoms with Gasteiger partial charge in [-0.1, -0.05) is 58.4 Å². The zero-order valence-corrected chi connectivity index (χ0v) is 17.9. The van der Waals surface area contributed by atoms with Crippen molar-refractivity contribution in [1.82, 2.24) is 15.3 Å². The van der Waals surface area contributed by atoms with Crippen molar-refractivity contribution in [2.75, 3.05) is 0 Å². The van der Waals surface area contributed by atoms with Gasteiger partial charge in [0.2, 0.25) is 0 Å². The number of aromatic amines is 1. The lowest BCUT2D eigenvalue weighted by Crippen LogP contribution is -2.24. The molecular formula is C25H17BrFN3O. The third-order valence-electron chi connectivity index (χ3n) is 5.19. The first-order valence-electron chi connectivity index (χ1n) is 9.78. The molecule has 5 aromatic rings. The van der Waals surface area contributed by atoms with Gasteiger partial charge in [-0.2, -0.15) is 0 Å². The predicted molar refractivity (Wildman–Crippen MR) is 124 cm³/mol. The normalized spacial score (nSPS) is 11.2. The van der Waals surface area contributed by atoms with Crippen LogP contribution < -0.4 is 5.32 Å². The van der Waals surface area contributed by atoms with E-state index in [9.17, 15) is 9.18 Å². The molecule has 0 spiro atoms. The maximum absolute atomic E-state index is 13.1. The Kier molecular flexibility index (Phi) is 5.00. The summed E-state index contributed by atoms with van der Waals surface area (Å²) in [5, 5.41) is 4.86. The molecule has 2 aromatic heterocycles. The lowest BCUT2D eigenvalue weighted by molar-refractivity contribution is 0.0946. The lowest BCUT2D eigenvalue weighted by atomic mass is 10.1. The molecular weight excluding hydrogens is 457 g/mol. The Morgan fingerprint density at radius 1 is 0.968 bits per heavy atom. The van der Waals surface area contributed by atoms with Gasteiger partial charge in [0.1, 0.15) is 11.5 Å². The number of rotatable bonds is 4. The Labute approximate surface area is 186 Å². The molecule has 0 atom stereocenters. The number of hydrogen-bond acceptors (Lipinski definition) is 2. The van der Waals surface area contributed by atoms with Crippen LogP contribution in [-0.4, -0.2) is 15.9 Å². The molecule has 0 aliphatic heterocycles. The van der Waals surface area contributed by atoms with Crippen LogP contribution in [0.4, 0.5) is 4.39 Å². The molecule has 1 amide bonds. The van der Waals surface area contributed by atoms with E-state index in [2.05, 4.69) is 26.2 Å². The van der Waals surface area contributed by atoms with E-state index in [0.29, 0.717) is 17.9 Å². The molecule has 0 aliphatic rings. The molecule has 5 rings (SSSR count). The average Bonchev–Trinajstić information content (AvgIpc) is 3.16. The van der Waals surface area contributed by atoms with Gasteiger partial charge in [0.05, 0.1) is 11.2 Å². The first kappa shape index (κ1) is 19.5. The Bertz CT molecular complexity index is 1430. The molecule has 2 N–H and O–H groups in total. The van der Waals surface area contributed by atoms with Gasteiger partial charge in [-0.05, 0) is 42.0 Å². The van der Waals surface area contributed by atoms with Gasteiger partial charge in [0.15, 0.2) is 0 Å². The minimum absolute atomic E-state index is 0.284. The molecule has 0 unspecified atom stereocenters. The van der Waals surface area contributed by atoms with Crippen LogP contribution in [0.3, 0.4) is 0 Å². The van der Waals surface area contributed by atoms with Crippen molar-refractivity contribution in [2.24, 2.45) is 0 Å². The standard InChI is InChI=1S/C25H17BrFN3O/c26-17-5-3-4-16(12-17)23-24-20(19-6-1-2-7-21(19)29-24)13-22(30-23)25(31)28-14-15-8-10-18(27)11-9-15/h1-13,29H,14H2,(H,28,31). The molecule has 0 saturated carbocycles. The largest absolute Gasteiger partial charge is 0.353 e. The fraction of sp³-hybridized carbons (Fsp3) is 0.0400. The second-order valence-electron chi connectivity index (χ2n) is 7.27.